The normalized spacial score (nSPS) is 15.4. The van der Waals surface area contributed by atoms with Crippen LogP contribution in [0, 0.1) is 6.92 Å². The maximum Gasteiger partial charge on any atom is 0.226 e. The number of rotatable bonds is 7. The van der Waals surface area contributed by atoms with Crippen LogP contribution in [0.2, 0.25) is 0 Å². The van der Waals surface area contributed by atoms with Crippen LogP contribution in [0.4, 0.5) is 0 Å². The molecule has 5 heteroatoms. The highest BCUT2D eigenvalue weighted by Gasteiger charge is 2.24. The predicted molar refractivity (Wildman–Crippen MR) is 96.9 cm³/mol. The number of amides is 1. The van der Waals surface area contributed by atoms with Crippen molar-refractivity contribution >= 4 is 21.8 Å². The number of hydrogen-bond acceptors (Lipinski definition) is 3. The minimum atomic E-state index is 0.210. The Morgan fingerprint density at radius 3 is 2.78 bits per heavy atom. The molecule has 2 rings (SSSR count). The molecule has 0 spiro atoms. The molecule has 0 saturated carbocycles. The second kappa shape index (κ2) is 9.28. The Bertz CT molecular complexity index is 516. The first-order chi connectivity index (χ1) is 11.1. The predicted octanol–water partition coefficient (Wildman–Crippen LogP) is 3.52. The third kappa shape index (κ3) is 5.50. The number of carbonyl (C=O) groups excluding carboxylic acids is 1. The van der Waals surface area contributed by atoms with Crippen molar-refractivity contribution in [1.82, 2.24) is 10.2 Å². The van der Waals surface area contributed by atoms with Gasteiger partial charge >= 0.3 is 0 Å². The summed E-state index contributed by atoms with van der Waals surface area (Å²) in [6.07, 6.45) is 3.54. The van der Waals surface area contributed by atoms with Gasteiger partial charge in [-0.3, -0.25) is 4.79 Å². The second-order valence-electron chi connectivity index (χ2n) is 6.10. The molecule has 0 atom stereocenters. The molecule has 1 saturated heterocycles. The lowest BCUT2D eigenvalue weighted by atomic mass is 10.0. The van der Waals surface area contributed by atoms with Gasteiger partial charge in [-0.2, -0.15) is 0 Å². The van der Waals surface area contributed by atoms with E-state index in [-0.39, 0.29) is 5.91 Å². The quantitative estimate of drug-likeness (QED) is 0.784. The molecule has 0 radical (unpaired) electrons. The van der Waals surface area contributed by atoms with E-state index in [4.69, 9.17) is 4.74 Å². The van der Waals surface area contributed by atoms with Crippen molar-refractivity contribution in [1.29, 1.82) is 0 Å². The average Bonchev–Trinajstić information content (AvgIpc) is 2.55. The molecule has 0 aromatic heterocycles. The number of piperidine rings is 1. The maximum absolute atomic E-state index is 12.6. The van der Waals surface area contributed by atoms with Crippen molar-refractivity contribution < 1.29 is 9.53 Å². The number of nitrogens with zero attached hydrogens (tertiary/aromatic N) is 1. The highest BCUT2D eigenvalue weighted by atomic mass is 79.9. The third-order valence-corrected chi connectivity index (χ3v) is 4.81. The Labute approximate surface area is 147 Å². The van der Waals surface area contributed by atoms with E-state index in [2.05, 4.69) is 33.1 Å². The summed E-state index contributed by atoms with van der Waals surface area (Å²) < 4.78 is 6.71. The second-order valence-corrected chi connectivity index (χ2v) is 6.95. The first-order valence-electron chi connectivity index (χ1n) is 8.51. The SMILES string of the molecule is CCCN(C(=O)CCOc1ccc(C)cc1Br)C1CCNCC1. The Morgan fingerprint density at radius 1 is 1.39 bits per heavy atom. The zero-order chi connectivity index (χ0) is 16.7. The zero-order valence-electron chi connectivity index (χ0n) is 14.1. The standard InChI is InChI=1S/C18H27BrN2O2/c1-3-11-21(15-6-9-20-10-7-15)18(22)8-12-23-17-5-4-14(2)13-16(17)19/h4-5,13,15,20H,3,6-12H2,1-2H3. The minimum absolute atomic E-state index is 0.210. The van der Waals surface area contributed by atoms with Gasteiger partial charge in [-0.15, -0.1) is 0 Å². The molecule has 1 aliphatic heterocycles. The fraction of sp³-hybridized carbons (Fsp3) is 0.611. The molecule has 4 nitrogen and oxygen atoms in total. The van der Waals surface area contributed by atoms with E-state index in [1.54, 1.807) is 0 Å². The van der Waals surface area contributed by atoms with Gasteiger partial charge in [0.1, 0.15) is 5.75 Å². The van der Waals surface area contributed by atoms with Crippen LogP contribution in [-0.2, 0) is 4.79 Å². The Balaban J connectivity index is 1.85. The molecule has 128 valence electrons. The van der Waals surface area contributed by atoms with E-state index in [0.29, 0.717) is 19.1 Å². The first-order valence-corrected chi connectivity index (χ1v) is 9.30. The van der Waals surface area contributed by atoms with Crippen LogP contribution in [0.15, 0.2) is 22.7 Å². The molecule has 1 heterocycles. The molecule has 0 bridgehead atoms. The van der Waals surface area contributed by atoms with E-state index in [9.17, 15) is 4.79 Å². The van der Waals surface area contributed by atoms with Gasteiger partial charge in [0.25, 0.3) is 0 Å². The van der Waals surface area contributed by atoms with Crippen LogP contribution in [-0.4, -0.2) is 43.1 Å². The highest BCUT2D eigenvalue weighted by Crippen LogP contribution is 2.26. The molecule has 1 aromatic rings. The van der Waals surface area contributed by atoms with E-state index in [1.807, 2.05) is 25.1 Å². The number of aryl methyl sites for hydroxylation is 1. The van der Waals surface area contributed by atoms with E-state index in [1.165, 1.54) is 5.56 Å². The molecule has 1 fully saturated rings. The van der Waals surface area contributed by atoms with E-state index < -0.39 is 0 Å². The van der Waals surface area contributed by atoms with Crippen LogP contribution in [0.1, 0.15) is 38.2 Å². The smallest absolute Gasteiger partial charge is 0.226 e. The molecule has 1 aliphatic rings. The topological polar surface area (TPSA) is 41.6 Å². The summed E-state index contributed by atoms with van der Waals surface area (Å²) >= 11 is 3.50. The number of hydrogen-bond donors (Lipinski definition) is 1. The van der Waals surface area contributed by atoms with Crippen LogP contribution in [0.25, 0.3) is 0 Å². The van der Waals surface area contributed by atoms with Gasteiger partial charge < -0.3 is 15.0 Å². The van der Waals surface area contributed by atoms with Gasteiger partial charge in [-0.25, -0.2) is 0 Å². The van der Waals surface area contributed by atoms with E-state index in [0.717, 1.165) is 49.1 Å². The van der Waals surface area contributed by atoms with Crippen LogP contribution < -0.4 is 10.1 Å². The molecule has 1 N–H and O–H groups in total. The minimum Gasteiger partial charge on any atom is -0.492 e. The molecular weight excluding hydrogens is 356 g/mol. The summed E-state index contributed by atoms with van der Waals surface area (Å²) in [5.41, 5.74) is 1.18. The maximum atomic E-state index is 12.6. The molecule has 0 aliphatic carbocycles. The fourth-order valence-electron chi connectivity index (χ4n) is 2.99. The molecule has 1 amide bonds. The number of benzene rings is 1. The lowest BCUT2D eigenvalue weighted by Gasteiger charge is -2.34. The van der Waals surface area contributed by atoms with Crippen molar-refractivity contribution in [3.8, 4) is 5.75 Å². The largest absolute Gasteiger partial charge is 0.492 e. The monoisotopic (exact) mass is 382 g/mol. The van der Waals surface area contributed by atoms with Gasteiger partial charge in [-0.1, -0.05) is 13.0 Å². The fourth-order valence-corrected chi connectivity index (χ4v) is 3.59. The Hall–Kier alpha value is -1.07. The van der Waals surface area contributed by atoms with Gasteiger partial charge in [-0.05, 0) is 72.9 Å². The lowest BCUT2D eigenvalue weighted by molar-refractivity contribution is -0.134. The van der Waals surface area contributed by atoms with E-state index >= 15 is 0 Å². The Morgan fingerprint density at radius 2 is 2.13 bits per heavy atom. The van der Waals surface area contributed by atoms with Crippen molar-refractivity contribution in [2.75, 3.05) is 26.2 Å². The van der Waals surface area contributed by atoms with Crippen molar-refractivity contribution in [3.05, 3.63) is 28.2 Å². The first kappa shape index (κ1) is 18.3. The molecule has 1 aromatic carbocycles. The molecule has 23 heavy (non-hydrogen) atoms. The summed E-state index contributed by atoms with van der Waals surface area (Å²) in [4.78, 5) is 14.6. The van der Waals surface area contributed by atoms with Gasteiger partial charge in [0.05, 0.1) is 17.5 Å². The van der Waals surface area contributed by atoms with Crippen LogP contribution >= 0.6 is 15.9 Å². The lowest BCUT2D eigenvalue weighted by Crippen LogP contribution is -2.46. The highest BCUT2D eigenvalue weighted by molar-refractivity contribution is 9.10. The molecular formula is C18H27BrN2O2. The summed E-state index contributed by atoms with van der Waals surface area (Å²) in [6, 6.07) is 6.37. The zero-order valence-corrected chi connectivity index (χ0v) is 15.7. The van der Waals surface area contributed by atoms with Crippen LogP contribution in [0.3, 0.4) is 0 Å². The van der Waals surface area contributed by atoms with Crippen molar-refractivity contribution in [2.45, 2.75) is 45.6 Å². The molecule has 0 unspecified atom stereocenters. The number of halogens is 1. The third-order valence-electron chi connectivity index (χ3n) is 4.20. The summed E-state index contributed by atoms with van der Waals surface area (Å²) in [5, 5.41) is 3.36. The number of nitrogens with one attached hydrogen (secondary N) is 1. The summed E-state index contributed by atoms with van der Waals surface area (Å²) in [7, 11) is 0. The van der Waals surface area contributed by atoms with Gasteiger partial charge in [0.15, 0.2) is 0 Å². The average molecular weight is 383 g/mol. The summed E-state index contributed by atoms with van der Waals surface area (Å²) in [6.45, 7) is 7.44. The number of ether oxygens (including phenoxy) is 1. The van der Waals surface area contributed by atoms with Crippen molar-refractivity contribution in [3.63, 3.8) is 0 Å². The Kier molecular flexibility index (Phi) is 7.37. The number of carbonyl (C=O) groups is 1. The van der Waals surface area contributed by atoms with Crippen LogP contribution in [0.5, 0.6) is 5.75 Å². The van der Waals surface area contributed by atoms with Gasteiger partial charge in [0, 0.05) is 12.6 Å². The summed E-state index contributed by atoms with van der Waals surface area (Å²) in [5.74, 6) is 1.01. The van der Waals surface area contributed by atoms with Crippen molar-refractivity contribution in [2.24, 2.45) is 0 Å². The van der Waals surface area contributed by atoms with Gasteiger partial charge in [0.2, 0.25) is 5.91 Å².